The molecule has 6 rings (SSSR count). The summed E-state index contributed by atoms with van der Waals surface area (Å²) in [5, 5.41) is 14.4. The van der Waals surface area contributed by atoms with Crippen LogP contribution < -0.4 is 10.6 Å². The smallest absolute Gasteiger partial charge is 0.257 e. The molecule has 0 atom stereocenters. The monoisotopic (exact) mass is 547 g/mol. The number of pyridine rings is 2. The summed E-state index contributed by atoms with van der Waals surface area (Å²) in [5.41, 5.74) is 3.71. The molecular formula is C27H27F2N9O2. The first-order valence-corrected chi connectivity index (χ1v) is 12.9. The predicted octanol–water partition coefficient (Wildman–Crippen LogP) is 3.59. The van der Waals surface area contributed by atoms with Gasteiger partial charge in [-0.25, -0.2) is 18.3 Å². The van der Waals surface area contributed by atoms with Crippen LogP contribution in [0, 0.1) is 0 Å². The molecule has 5 aromatic heterocycles. The predicted molar refractivity (Wildman–Crippen MR) is 145 cm³/mol. The van der Waals surface area contributed by atoms with Crippen LogP contribution in [0.3, 0.4) is 0 Å². The quantitative estimate of drug-likeness (QED) is 0.286. The number of H-pyrrole nitrogens is 1. The number of nitrogens with zero attached hydrogens (tertiary/aromatic N) is 6. The number of alkyl halides is 2. The zero-order valence-corrected chi connectivity index (χ0v) is 21.6. The van der Waals surface area contributed by atoms with Crippen molar-refractivity contribution in [2.24, 2.45) is 0 Å². The third-order valence-electron chi connectivity index (χ3n) is 7.21. The number of aromatic nitrogens is 6. The second-order valence-corrected chi connectivity index (χ2v) is 9.92. The summed E-state index contributed by atoms with van der Waals surface area (Å²) in [6, 6.07) is 5.62. The maximum absolute atomic E-state index is 13.1. The van der Waals surface area contributed by atoms with Crippen molar-refractivity contribution in [1.29, 1.82) is 0 Å². The number of aromatic amines is 1. The number of anilines is 1. The lowest BCUT2D eigenvalue weighted by Crippen LogP contribution is -2.31. The standard InChI is InChI=1S/C27H27F2N9O2/c1-36-5-3-19(4-6-36)38-15-18(11-33-38)35-26(39)17-8-20-21(12-31-25(20)30-10-17)16-2-7-37-23(9-16)22(13-34-37)27(40)32-14-24(28)29/h2,7-13,15,19,24H,3-6,14H2,1H3,(H,30,31)(H,32,40)(H,35,39). The van der Waals surface area contributed by atoms with Crippen molar-refractivity contribution in [3.05, 3.63) is 66.5 Å². The van der Waals surface area contributed by atoms with E-state index in [-0.39, 0.29) is 11.5 Å². The SMILES string of the molecule is CN1CCC(n2cc(NC(=O)c3cnc4[nH]cc(-c5ccn6ncc(C(=O)NCC(F)F)c6c5)c4c3)cn2)CC1. The summed E-state index contributed by atoms with van der Waals surface area (Å²) in [6.07, 6.45) is 9.17. The molecule has 3 N–H and O–H groups in total. The molecule has 6 heterocycles. The van der Waals surface area contributed by atoms with Crippen molar-refractivity contribution in [2.45, 2.75) is 25.3 Å². The van der Waals surface area contributed by atoms with Crippen molar-refractivity contribution in [3.63, 3.8) is 0 Å². The van der Waals surface area contributed by atoms with Gasteiger partial charge in [-0.2, -0.15) is 10.2 Å². The number of nitrogens with one attached hydrogen (secondary N) is 3. The van der Waals surface area contributed by atoms with E-state index in [4.69, 9.17) is 0 Å². The van der Waals surface area contributed by atoms with E-state index in [0.29, 0.717) is 33.8 Å². The highest BCUT2D eigenvalue weighted by molar-refractivity contribution is 6.07. The average molecular weight is 548 g/mol. The fourth-order valence-corrected chi connectivity index (χ4v) is 5.02. The first kappa shape index (κ1) is 25.6. The van der Waals surface area contributed by atoms with Crippen LogP contribution in [0.1, 0.15) is 39.6 Å². The Morgan fingerprint density at radius 3 is 2.75 bits per heavy atom. The summed E-state index contributed by atoms with van der Waals surface area (Å²) in [5.74, 6) is -0.945. The molecule has 1 aliphatic rings. The molecular weight excluding hydrogens is 520 g/mol. The van der Waals surface area contributed by atoms with Gasteiger partial charge in [-0.1, -0.05) is 0 Å². The number of hydrogen-bond donors (Lipinski definition) is 3. The second-order valence-electron chi connectivity index (χ2n) is 9.92. The number of carbonyl (C=O) groups excluding carboxylic acids is 2. The van der Waals surface area contributed by atoms with Crippen LogP contribution in [-0.4, -0.2) is 79.2 Å². The maximum Gasteiger partial charge on any atom is 0.257 e. The molecule has 5 aromatic rings. The van der Waals surface area contributed by atoms with Gasteiger partial charge in [0.05, 0.1) is 47.3 Å². The molecule has 1 saturated heterocycles. The zero-order chi connectivity index (χ0) is 27.8. The van der Waals surface area contributed by atoms with Crippen LogP contribution in [0.5, 0.6) is 0 Å². The Morgan fingerprint density at radius 1 is 1.12 bits per heavy atom. The van der Waals surface area contributed by atoms with Crippen LogP contribution >= 0.6 is 0 Å². The van der Waals surface area contributed by atoms with Crippen LogP contribution in [0.2, 0.25) is 0 Å². The topological polar surface area (TPSA) is 125 Å². The molecule has 0 aliphatic carbocycles. The number of fused-ring (bicyclic) bond motifs is 2. The van der Waals surface area contributed by atoms with E-state index in [0.717, 1.165) is 37.1 Å². The highest BCUT2D eigenvalue weighted by Crippen LogP contribution is 2.30. The van der Waals surface area contributed by atoms with E-state index >= 15 is 0 Å². The minimum Gasteiger partial charge on any atom is -0.346 e. The van der Waals surface area contributed by atoms with Gasteiger partial charge in [0.25, 0.3) is 18.2 Å². The van der Waals surface area contributed by atoms with Gasteiger partial charge in [0.1, 0.15) is 5.65 Å². The number of piperidine rings is 1. The van der Waals surface area contributed by atoms with Gasteiger partial charge in [-0.3, -0.25) is 14.3 Å². The Hall–Kier alpha value is -4.65. The number of likely N-dealkylation sites (tertiary alicyclic amines) is 1. The Kier molecular flexibility index (Phi) is 6.72. The van der Waals surface area contributed by atoms with Gasteiger partial charge in [0, 0.05) is 35.7 Å². The van der Waals surface area contributed by atoms with Crippen LogP contribution in [0.25, 0.3) is 27.7 Å². The molecule has 0 aromatic carbocycles. The van der Waals surface area contributed by atoms with Gasteiger partial charge in [-0.05, 0) is 56.7 Å². The third-order valence-corrected chi connectivity index (χ3v) is 7.21. The van der Waals surface area contributed by atoms with E-state index in [1.807, 2.05) is 16.9 Å². The second kappa shape index (κ2) is 10.5. The summed E-state index contributed by atoms with van der Waals surface area (Å²) in [6.45, 7) is 1.28. The summed E-state index contributed by atoms with van der Waals surface area (Å²) in [4.78, 5) is 35.4. The van der Waals surface area contributed by atoms with Crippen LogP contribution in [0.4, 0.5) is 14.5 Å². The zero-order valence-electron chi connectivity index (χ0n) is 21.6. The van der Waals surface area contributed by atoms with Gasteiger partial charge >= 0.3 is 0 Å². The van der Waals surface area contributed by atoms with E-state index in [9.17, 15) is 18.4 Å². The first-order valence-electron chi connectivity index (χ1n) is 12.9. The molecule has 2 amide bonds. The fourth-order valence-electron chi connectivity index (χ4n) is 5.02. The van der Waals surface area contributed by atoms with E-state index in [2.05, 4.69) is 42.7 Å². The van der Waals surface area contributed by atoms with Gasteiger partial charge in [0.2, 0.25) is 0 Å². The van der Waals surface area contributed by atoms with E-state index in [1.54, 1.807) is 30.7 Å². The molecule has 0 radical (unpaired) electrons. The lowest BCUT2D eigenvalue weighted by atomic mass is 10.0. The molecule has 1 fully saturated rings. The maximum atomic E-state index is 13.1. The third kappa shape index (κ3) is 5.02. The Balaban J connectivity index is 1.24. The Morgan fingerprint density at radius 2 is 1.95 bits per heavy atom. The molecule has 0 spiro atoms. The number of amides is 2. The van der Waals surface area contributed by atoms with Crippen molar-refractivity contribution in [1.82, 2.24) is 39.6 Å². The van der Waals surface area contributed by atoms with Crippen molar-refractivity contribution >= 4 is 34.1 Å². The van der Waals surface area contributed by atoms with E-state index < -0.39 is 18.9 Å². The molecule has 0 saturated carbocycles. The largest absolute Gasteiger partial charge is 0.346 e. The number of carbonyl (C=O) groups is 2. The molecule has 0 bridgehead atoms. The van der Waals surface area contributed by atoms with E-state index in [1.165, 1.54) is 16.9 Å². The minimum absolute atomic E-state index is 0.182. The van der Waals surface area contributed by atoms with Crippen molar-refractivity contribution < 1.29 is 18.4 Å². The summed E-state index contributed by atoms with van der Waals surface area (Å²) in [7, 11) is 2.11. The molecule has 1 aliphatic heterocycles. The molecule has 40 heavy (non-hydrogen) atoms. The minimum atomic E-state index is -2.65. The van der Waals surface area contributed by atoms with Crippen LogP contribution in [-0.2, 0) is 0 Å². The Bertz CT molecular complexity index is 1700. The normalized spacial score (nSPS) is 14.8. The van der Waals surface area contributed by atoms with Gasteiger partial charge in [0.15, 0.2) is 0 Å². The molecule has 13 heteroatoms. The van der Waals surface area contributed by atoms with Crippen LogP contribution in [0.15, 0.2) is 55.4 Å². The summed E-state index contributed by atoms with van der Waals surface area (Å²) < 4.78 is 28.6. The Labute approximate surface area is 227 Å². The average Bonchev–Trinajstić information content (AvgIpc) is 3.70. The molecule has 0 unspecified atom stereocenters. The summed E-state index contributed by atoms with van der Waals surface area (Å²) >= 11 is 0. The van der Waals surface area contributed by atoms with Gasteiger partial charge < -0.3 is 20.5 Å². The number of halogens is 2. The number of rotatable bonds is 7. The fraction of sp³-hybridized carbons (Fsp3) is 0.296. The lowest BCUT2D eigenvalue weighted by Gasteiger charge is -2.28. The van der Waals surface area contributed by atoms with Crippen molar-refractivity contribution in [3.8, 4) is 11.1 Å². The van der Waals surface area contributed by atoms with Gasteiger partial charge in [-0.15, -0.1) is 0 Å². The first-order chi connectivity index (χ1) is 19.4. The highest BCUT2D eigenvalue weighted by Gasteiger charge is 2.20. The number of hydrogen-bond acceptors (Lipinski definition) is 6. The van der Waals surface area contributed by atoms with Crippen molar-refractivity contribution in [2.75, 3.05) is 32.0 Å². The molecule has 11 nitrogen and oxygen atoms in total. The highest BCUT2D eigenvalue weighted by atomic mass is 19.3. The lowest BCUT2D eigenvalue weighted by molar-refractivity contribution is 0.0893. The molecule has 206 valence electrons.